The van der Waals surface area contributed by atoms with Crippen molar-refractivity contribution in [3.8, 4) is 0 Å². The summed E-state index contributed by atoms with van der Waals surface area (Å²) in [6, 6.07) is 5.40. The summed E-state index contributed by atoms with van der Waals surface area (Å²) >= 11 is 2.08. The topological polar surface area (TPSA) is 64.4 Å². The first-order valence-corrected chi connectivity index (χ1v) is 6.94. The van der Waals surface area contributed by atoms with Crippen LogP contribution < -0.4 is 5.32 Å². The second kappa shape index (κ2) is 5.83. The van der Waals surface area contributed by atoms with E-state index in [1.54, 1.807) is 12.1 Å². The van der Waals surface area contributed by atoms with Gasteiger partial charge in [-0.3, -0.25) is 10.1 Å². The third kappa shape index (κ3) is 3.11. The first-order valence-electron chi connectivity index (χ1n) is 5.86. The summed E-state index contributed by atoms with van der Waals surface area (Å²) in [6.45, 7) is 3.55. The number of nitro benzene ring substituents is 1. The standard InChI is InChI=1S/C12H15IN2O3/c1-8(9-4-5-18-7-9)14-11-3-2-10(13)6-12(11)15(16)17/h2-3,6,8-9,14H,4-5,7H2,1H3. The molecule has 1 heterocycles. The fraction of sp³-hybridized carbons (Fsp3) is 0.500. The summed E-state index contributed by atoms with van der Waals surface area (Å²) < 4.78 is 6.20. The normalized spacial score (nSPS) is 20.7. The predicted molar refractivity (Wildman–Crippen MR) is 77.8 cm³/mol. The van der Waals surface area contributed by atoms with Crippen LogP contribution in [0.2, 0.25) is 0 Å². The van der Waals surface area contributed by atoms with Crippen LogP contribution in [-0.2, 0) is 4.74 Å². The molecule has 0 aromatic heterocycles. The van der Waals surface area contributed by atoms with Crippen LogP contribution in [0, 0.1) is 19.6 Å². The number of benzene rings is 1. The third-order valence-electron chi connectivity index (χ3n) is 3.21. The van der Waals surface area contributed by atoms with E-state index in [4.69, 9.17) is 4.74 Å². The fourth-order valence-electron chi connectivity index (χ4n) is 2.09. The number of nitro groups is 1. The van der Waals surface area contributed by atoms with E-state index in [-0.39, 0.29) is 16.7 Å². The summed E-state index contributed by atoms with van der Waals surface area (Å²) in [4.78, 5) is 10.7. The van der Waals surface area contributed by atoms with E-state index in [9.17, 15) is 10.1 Å². The first-order chi connectivity index (χ1) is 8.58. The number of anilines is 1. The van der Waals surface area contributed by atoms with Crippen LogP contribution in [0.3, 0.4) is 0 Å². The Morgan fingerprint density at radius 1 is 1.61 bits per heavy atom. The van der Waals surface area contributed by atoms with E-state index in [1.807, 2.05) is 13.0 Å². The average Bonchev–Trinajstić information content (AvgIpc) is 2.84. The van der Waals surface area contributed by atoms with Gasteiger partial charge in [-0.15, -0.1) is 0 Å². The Bertz CT molecular complexity index is 447. The molecule has 18 heavy (non-hydrogen) atoms. The van der Waals surface area contributed by atoms with Crippen LogP contribution in [0.25, 0.3) is 0 Å². The predicted octanol–water partition coefficient (Wildman–Crippen LogP) is 3.04. The molecule has 0 aliphatic carbocycles. The first kappa shape index (κ1) is 13.5. The quantitative estimate of drug-likeness (QED) is 0.508. The Kier molecular flexibility index (Phi) is 4.39. The van der Waals surface area contributed by atoms with Crippen LogP contribution >= 0.6 is 22.6 Å². The molecule has 1 aliphatic rings. The van der Waals surface area contributed by atoms with E-state index < -0.39 is 0 Å². The van der Waals surface area contributed by atoms with Gasteiger partial charge in [-0.1, -0.05) is 0 Å². The van der Waals surface area contributed by atoms with E-state index in [1.165, 1.54) is 0 Å². The van der Waals surface area contributed by atoms with Crippen molar-refractivity contribution in [3.05, 3.63) is 31.9 Å². The maximum atomic E-state index is 11.0. The molecule has 0 saturated carbocycles. The summed E-state index contributed by atoms with van der Waals surface area (Å²) in [5, 5.41) is 14.3. The number of rotatable bonds is 4. The monoisotopic (exact) mass is 362 g/mol. The Morgan fingerprint density at radius 2 is 2.39 bits per heavy atom. The number of nitrogens with zero attached hydrogens (tertiary/aromatic N) is 1. The van der Waals surface area contributed by atoms with Crippen LogP contribution in [0.5, 0.6) is 0 Å². The Hall–Kier alpha value is -0.890. The number of hydrogen-bond acceptors (Lipinski definition) is 4. The number of halogens is 1. The molecule has 1 aliphatic heterocycles. The minimum Gasteiger partial charge on any atom is -0.381 e. The molecule has 2 atom stereocenters. The van der Waals surface area contributed by atoms with Gasteiger partial charge >= 0.3 is 0 Å². The van der Waals surface area contributed by atoms with Gasteiger partial charge < -0.3 is 10.1 Å². The van der Waals surface area contributed by atoms with E-state index in [0.29, 0.717) is 11.6 Å². The Morgan fingerprint density at radius 3 is 3.00 bits per heavy atom. The zero-order valence-corrected chi connectivity index (χ0v) is 12.2. The molecule has 2 rings (SSSR count). The minimum absolute atomic E-state index is 0.132. The van der Waals surface area contributed by atoms with E-state index >= 15 is 0 Å². The third-order valence-corrected chi connectivity index (χ3v) is 3.88. The van der Waals surface area contributed by atoms with E-state index in [2.05, 4.69) is 27.9 Å². The molecule has 1 N–H and O–H groups in total. The van der Waals surface area contributed by atoms with E-state index in [0.717, 1.165) is 23.2 Å². The molecule has 1 fully saturated rings. The molecule has 0 bridgehead atoms. The van der Waals surface area contributed by atoms with Crippen molar-refractivity contribution < 1.29 is 9.66 Å². The lowest BCUT2D eigenvalue weighted by Gasteiger charge is -2.20. The fourth-order valence-corrected chi connectivity index (χ4v) is 2.56. The zero-order chi connectivity index (χ0) is 13.1. The Labute approximate surface area is 119 Å². The highest BCUT2D eigenvalue weighted by Gasteiger charge is 2.24. The van der Waals surface area contributed by atoms with Gasteiger partial charge in [-0.25, -0.2) is 0 Å². The highest BCUT2D eigenvalue weighted by atomic mass is 127. The van der Waals surface area contributed by atoms with Gasteiger partial charge in [-0.2, -0.15) is 0 Å². The van der Waals surface area contributed by atoms with Crippen LogP contribution in [-0.4, -0.2) is 24.2 Å². The van der Waals surface area contributed by atoms with Gasteiger partial charge in [0.1, 0.15) is 5.69 Å². The zero-order valence-electron chi connectivity index (χ0n) is 10.1. The molecule has 1 aromatic carbocycles. The number of nitrogens with one attached hydrogen (secondary N) is 1. The molecule has 1 aromatic rings. The summed E-state index contributed by atoms with van der Waals surface area (Å²) in [6.07, 6.45) is 1.01. The summed E-state index contributed by atoms with van der Waals surface area (Å²) in [7, 11) is 0. The molecule has 2 unspecified atom stereocenters. The maximum absolute atomic E-state index is 11.0. The minimum atomic E-state index is -0.345. The molecule has 5 nitrogen and oxygen atoms in total. The van der Waals surface area contributed by atoms with Crippen molar-refractivity contribution in [2.24, 2.45) is 5.92 Å². The second-order valence-electron chi connectivity index (χ2n) is 4.48. The molecule has 6 heteroatoms. The van der Waals surface area contributed by atoms with Crippen molar-refractivity contribution >= 4 is 34.0 Å². The molecule has 1 saturated heterocycles. The number of ether oxygens (including phenoxy) is 1. The molecule has 0 amide bonds. The van der Waals surface area contributed by atoms with Gasteiger partial charge in [0.2, 0.25) is 0 Å². The lowest BCUT2D eigenvalue weighted by Crippen LogP contribution is -2.26. The Balaban J connectivity index is 2.15. The maximum Gasteiger partial charge on any atom is 0.293 e. The molecular formula is C12H15IN2O3. The lowest BCUT2D eigenvalue weighted by molar-refractivity contribution is -0.384. The molecular weight excluding hydrogens is 347 g/mol. The SMILES string of the molecule is CC(Nc1ccc(I)cc1[N+](=O)[O-])C1CCOC1. The molecule has 0 radical (unpaired) electrons. The van der Waals surface area contributed by atoms with Crippen LogP contribution in [0.15, 0.2) is 18.2 Å². The molecule has 98 valence electrons. The van der Waals surface area contributed by atoms with Crippen molar-refractivity contribution in [1.82, 2.24) is 0 Å². The van der Waals surface area contributed by atoms with Gasteiger partial charge in [0.15, 0.2) is 0 Å². The number of hydrogen-bond donors (Lipinski definition) is 1. The summed E-state index contributed by atoms with van der Waals surface area (Å²) in [5.74, 6) is 0.420. The van der Waals surface area contributed by atoms with Crippen molar-refractivity contribution in [3.63, 3.8) is 0 Å². The van der Waals surface area contributed by atoms with Gasteiger partial charge in [0, 0.05) is 28.2 Å². The van der Waals surface area contributed by atoms with Crippen molar-refractivity contribution in [2.75, 3.05) is 18.5 Å². The van der Waals surface area contributed by atoms with Crippen molar-refractivity contribution in [1.29, 1.82) is 0 Å². The second-order valence-corrected chi connectivity index (χ2v) is 5.72. The van der Waals surface area contributed by atoms with Crippen molar-refractivity contribution in [2.45, 2.75) is 19.4 Å². The highest BCUT2D eigenvalue weighted by Crippen LogP contribution is 2.29. The van der Waals surface area contributed by atoms with Gasteiger partial charge in [0.05, 0.1) is 11.5 Å². The lowest BCUT2D eigenvalue weighted by atomic mass is 10.0. The highest BCUT2D eigenvalue weighted by molar-refractivity contribution is 14.1. The van der Waals surface area contributed by atoms with Gasteiger partial charge in [-0.05, 0) is 48.1 Å². The average molecular weight is 362 g/mol. The molecule has 0 spiro atoms. The van der Waals surface area contributed by atoms with Crippen LogP contribution in [0.1, 0.15) is 13.3 Å². The largest absolute Gasteiger partial charge is 0.381 e. The summed E-state index contributed by atoms with van der Waals surface area (Å²) in [5.41, 5.74) is 0.715. The van der Waals surface area contributed by atoms with Crippen LogP contribution in [0.4, 0.5) is 11.4 Å². The van der Waals surface area contributed by atoms with Gasteiger partial charge in [0.25, 0.3) is 5.69 Å². The smallest absolute Gasteiger partial charge is 0.293 e.